The summed E-state index contributed by atoms with van der Waals surface area (Å²) in [6, 6.07) is 7.69. The van der Waals surface area contributed by atoms with Gasteiger partial charge in [-0.05, 0) is 56.5 Å². The number of hydrogen-bond acceptors (Lipinski definition) is 3. The molecule has 0 saturated carbocycles. The highest BCUT2D eigenvalue weighted by Crippen LogP contribution is 2.13. The molecule has 5 heteroatoms. The first-order chi connectivity index (χ1) is 10.1. The van der Waals surface area contributed by atoms with Crippen molar-refractivity contribution >= 4 is 15.7 Å². The van der Waals surface area contributed by atoms with Crippen molar-refractivity contribution in [1.82, 2.24) is 5.32 Å². The van der Waals surface area contributed by atoms with Gasteiger partial charge in [-0.1, -0.05) is 32.4 Å². The van der Waals surface area contributed by atoms with Crippen LogP contribution in [0.25, 0.3) is 0 Å². The van der Waals surface area contributed by atoms with Crippen molar-refractivity contribution in [1.29, 1.82) is 0 Å². The Balaban J connectivity index is 2.40. The smallest absolute Gasteiger partial charge is 0.232 e. The van der Waals surface area contributed by atoms with Gasteiger partial charge in [0, 0.05) is 5.69 Å². The average Bonchev–Trinajstić information content (AvgIpc) is 2.46. The molecule has 0 atom stereocenters. The number of anilines is 1. The van der Waals surface area contributed by atoms with Gasteiger partial charge in [0.25, 0.3) is 0 Å². The summed E-state index contributed by atoms with van der Waals surface area (Å²) in [7, 11) is -3.23. The predicted octanol–water partition coefficient (Wildman–Crippen LogP) is 3.16. The zero-order valence-electron chi connectivity index (χ0n) is 13.2. The van der Waals surface area contributed by atoms with E-state index in [1.807, 2.05) is 31.2 Å². The Hall–Kier alpha value is -1.07. The van der Waals surface area contributed by atoms with Crippen LogP contribution in [0.3, 0.4) is 0 Å². The van der Waals surface area contributed by atoms with Crippen molar-refractivity contribution < 1.29 is 8.42 Å². The van der Waals surface area contributed by atoms with Gasteiger partial charge >= 0.3 is 0 Å². The second-order valence-corrected chi connectivity index (χ2v) is 7.12. The van der Waals surface area contributed by atoms with Crippen LogP contribution >= 0.6 is 0 Å². The second-order valence-electron chi connectivity index (χ2n) is 5.28. The third-order valence-corrected chi connectivity index (χ3v) is 4.69. The predicted molar refractivity (Wildman–Crippen MR) is 90.2 cm³/mol. The lowest BCUT2D eigenvalue weighted by molar-refractivity contribution is 0.593. The van der Waals surface area contributed by atoms with Crippen LogP contribution in [0, 0.1) is 0 Å². The van der Waals surface area contributed by atoms with Crippen molar-refractivity contribution in [2.24, 2.45) is 0 Å². The van der Waals surface area contributed by atoms with E-state index in [1.165, 1.54) is 12.0 Å². The van der Waals surface area contributed by atoms with E-state index in [4.69, 9.17) is 0 Å². The molecule has 0 unspecified atom stereocenters. The minimum atomic E-state index is -3.23. The molecule has 1 aromatic carbocycles. The lowest BCUT2D eigenvalue weighted by Crippen LogP contribution is -2.19. The Morgan fingerprint density at radius 2 is 1.71 bits per heavy atom. The summed E-state index contributed by atoms with van der Waals surface area (Å²) in [6.45, 7) is 6.01. The molecule has 0 aliphatic rings. The van der Waals surface area contributed by atoms with Gasteiger partial charge in [-0.15, -0.1) is 0 Å². The summed E-state index contributed by atoms with van der Waals surface area (Å²) in [6.07, 6.45) is 4.94. The Morgan fingerprint density at radius 1 is 1.00 bits per heavy atom. The van der Waals surface area contributed by atoms with Crippen molar-refractivity contribution in [3.63, 3.8) is 0 Å². The molecule has 21 heavy (non-hydrogen) atoms. The number of rotatable bonds is 11. The topological polar surface area (TPSA) is 58.2 Å². The Bertz CT molecular complexity index is 484. The zero-order chi connectivity index (χ0) is 15.6. The number of aryl methyl sites for hydroxylation is 1. The van der Waals surface area contributed by atoms with Crippen LogP contribution < -0.4 is 10.0 Å². The number of nitrogens with one attached hydrogen (secondary N) is 2. The molecule has 0 aliphatic heterocycles. The highest BCUT2D eigenvalue weighted by atomic mass is 32.2. The quantitative estimate of drug-likeness (QED) is 0.617. The minimum Gasteiger partial charge on any atom is -0.317 e. The molecule has 0 saturated heterocycles. The SMILES string of the molecule is CCCCc1ccc(NS(=O)(=O)CCCCNCC)cc1. The van der Waals surface area contributed by atoms with E-state index >= 15 is 0 Å². The van der Waals surface area contributed by atoms with Gasteiger partial charge in [0.15, 0.2) is 0 Å². The average molecular weight is 312 g/mol. The summed E-state index contributed by atoms with van der Waals surface area (Å²) in [5.41, 5.74) is 1.91. The molecule has 1 rings (SSSR count). The first-order valence-corrected chi connectivity index (χ1v) is 9.52. The first kappa shape index (κ1) is 18.0. The number of benzene rings is 1. The molecule has 1 aromatic rings. The molecule has 0 aliphatic carbocycles. The summed E-state index contributed by atoms with van der Waals surface area (Å²) in [5.74, 6) is 0.177. The van der Waals surface area contributed by atoms with E-state index in [1.54, 1.807) is 0 Å². The summed E-state index contributed by atoms with van der Waals surface area (Å²) in [4.78, 5) is 0. The largest absolute Gasteiger partial charge is 0.317 e. The Morgan fingerprint density at radius 3 is 2.33 bits per heavy atom. The number of hydrogen-bond donors (Lipinski definition) is 2. The van der Waals surface area contributed by atoms with Gasteiger partial charge in [-0.25, -0.2) is 8.42 Å². The van der Waals surface area contributed by atoms with Crippen LogP contribution in [-0.4, -0.2) is 27.3 Å². The van der Waals surface area contributed by atoms with Crippen molar-refractivity contribution in [2.75, 3.05) is 23.6 Å². The Kier molecular flexibility index (Phi) is 8.38. The summed E-state index contributed by atoms with van der Waals surface area (Å²) in [5, 5.41) is 3.19. The molecule has 0 radical (unpaired) electrons. The maximum absolute atomic E-state index is 12.0. The highest BCUT2D eigenvalue weighted by molar-refractivity contribution is 7.92. The molecule has 0 aromatic heterocycles. The van der Waals surface area contributed by atoms with Crippen molar-refractivity contribution in [3.05, 3.63) is 29.8 Å². The molecule has 0 bridgehead atoms. The molecule has 0 amide bonds. The fraction of sp³-hybridized carbons (Fsp3) is 0.625. The van der Waals surface area contributed by atoms with E-state index in [0.29, 0.717) is 12.1 Å². The fourth-order valence-electron chi connectivity index (χ4n) is 2.07. The normalized spacial score (nSPS) is 11.5. The van der Waals surface area contributed by atoms with Crippen LogP contribution in [-0.2, 0) is 16.4 Å². The lowest BCUT2D eigenvalue weighted by Gasteiger charge is -2.09. The minimum absolute atomic E-state index is 0.177. The molecular weight excluding hydrogens is 284 g/mol. The molecule has 120 valence electrons. The second kappa shape index (κ2) is 9.79. The van der Waals surface area contributed by atoms with Crippen molar-refractivity contribution in [2.45, 2.75) is 46.0 Å². The van der Waals surface area contributed by atoms with Gasteiger partial charge in [-0.2, -0.15) is 0 Å². The highest BCUT2D eigenvalue weighted by Gasteiger charge is 2.09. The van der Waals surface area contributed by atoms with Crippen molar-refractivity contribution in [3.8, 4) is 0 Å². The van der Waals surface area contributed by atoms with Crippen LogP contribution in [0.1, 0.15) is 45.1 Å². The van der Waals surface area contributed by atoms with Gasteiger partial charge in [0.1, 0.15) is 0 Å². The van der Waals surface area contributed by atoms with E-state index in [-0.39, 0.29) is 5.75 Å². The summed E-state index contributed by atoms with van der Waals surface area (Å²) >= 11 is 0. The van der Waals surface area contributed by atoms with Gasteiger partial charge in [0.2, 0.25) is 10.0 Å². The maximum Gasteiger partial charge on any atom is 0.232 e. The van der Waals surface area contributed by atoms with Gasteiger partial charge < -0.3 is 5.32 Å². The molecular formula is C16H28N2O2S. The molecule has 0 heterocycles. The molecule has 2 N–H and O–H groups in total. The van der Waals surface area contributed by atoms with Crippen LogP contribution in [0.2, 0.25) is 0 Å². The molecule has 0 fully saturated rings. The Labute approximate surface area is 129 Å². The molecule has 0 spiro atoms. The van der Waals surface area contributed by atoms with Crippen LogP contribution in [0.4, 0.5) is 5.69 Å². The third kappa shape index (κ3) is 8.07. The zero-order valence-corrected chi connectivity index (χ0v) is 14.0. The lowest BCUT2D eigenvalue weighted by atomic mass is 10.1. The van der Waals surface area contributed by atoms with E-state index in [9.17, 15) is 8.42 Å². The summed E-state index contributed by atoms with van der Waals surface area (Å²) < 4.78 is 26.6. The third-order valence-electron chi connectivity index (χ3n) is 3.31. The number of sulfonamides is 1. The van der Waals surface area contributed by atoms with Crippen LogP contribution in [0.15, 0.2) is 24.3 Å². The molecule has 4 nitrogen and oxygen atoms in total. The van der Waals surface area contributed by atoms with E-state index in [0.717, 1.165) is 32.4 Å². The van der Waals surface area contributed by atoms with Gasteiger partial charge in [-0.3, -0.25) is 4.72 Å². The monoisotopic (exact) mass is 312 g/mol. The maximum atomic E-state index is 12.0. The fourth-order valence-corrected chi connectivity index (χ4v) is 3.25. The van der Waals surface area contributed by atoms with Gasteiger partial charge in [0.05, 0.1) is 5.75 Å². The standard InChI is InChI=1S/C16H28N2O2S/c1-3-5-8-15-9-11-16(12-10-15)18-21(19,20)14-7-6-13-17-4-2/h9-12,17-18H,3-8,13-14H2,1-2H3. The first-order valence-electron chi connectivity index (χ1n) is 7.87. The van der Waals surface area contributed by atoms with E-state index in [2.05, 4.69) is 17.0 Å². The van der Waals surface area contributed by atoms with Crippen LogP contribution in [0.5, 0.6) is 0 Å². The van der Waals surface area contributed by atoms with E-state index < -0.39 is 10.0 Å². The number of unbranched alkanes of at least 4 members (excludes halogenated alkanes) is 2.